The van der Waals surface area contributed by atoms with Crippen LogP contribution in [-0.4, -0.2) is 31.0 Å². The summed E-state index contributed by atoms with van der Waals surface area (Å²) >= 11 is 0. The van der Waals surface area contributed by atoms with Crippen molar-refractivity contribution in [1.82, 2.24) is 10.3 Å². The molecule has 2 N–H and O–H groups in total. The van der Waals surface area contributed by atoms with Crippen molar-refractivity contribution >= 4 is 16.7 Å². The Balaban J connectivity index is 1.53. The van der Waals surface area contributed by atoms with E-state index in [1.807, 2.05) is 42.5 Å². The Morgan fingerprint density at radius 1 is 1.15 bits per heavy atom. The van der Waals surface area contributed by atoms with Gasteiger partial charge in [0.05, 0.1) is 18.4 Å². The Kier molecular flexibility index (Phi) is 3.81. The van der Waals surface area contributed by atoms with Gasteiger partial charge in [0.15, 0.2) is 0 Å². The van der Waals surface area contributed by atoms with E-state index in [1.54, 1.807) is 7.11 Å². The molecule has 2 aliphatic heterocycles. The predicted molar refractivity (Wildman–Crippen MR) is 103 cm³/mol. The van der Waals surface area contributed by atoms with Crippen LogP contribution in [0.4, 0.5) is 0 Å². The molecule has 1 fully saturated rings. The molecule has 1 aromatic heterocycles. The van der Waals surface area contributed by atoms with Crippen molar-refractivity contribution in [3.05, 3.63) is 65.4 Å². The fraction of sp³-hybridized carbons (Fsp3) is 0.318. The first-order chi connectivity index (χ1) is 13.2. The molecule has 5 nitrogen and oxygen atoms in total. The van der Waals surface area contributed by atoms with Gasteiger partial charge in [-0.1, -0.05) is 24.3 Å². The number of ketones is 1. The normalized spacial score (nSPS) is 20.7. The number of piperidine rings is 1. The highest BCUT2D eigenvalue weighted by Gasteiger charge is 2.47. The Morgan fingerprint density at radius 3 is 2.78 bits per heavy atom. The zero-order chi connectivity index (χ0) is 18.4. The van der Waals surface area contributed by atoms with Crippen LogP contribution in [0.25, 0.3) is 10.9 Å². The number of carbonyl (C=O) groups excluding carboxylic acids is 1. The molecule has 2 aliphatic rings. The molecule has 0 unspecified atom stereocenters. The monoisotopic (exact) mass is 362 g/mol. The topological polar surface area (TPSA) is 63.4 Å². The second kappa shape index (κ2) is 6.22. The smallest absolute Gasteiger partial charge is 0.212 e. The second-order valence-electron chi connectivity index (χ2n) is 7.33. The number of aromatic amines is 1. The van der Waals surface area contributed by atoms with E-state index in [1.165, 1.54) is 5.56 Å². The third kappa shape index (κ3) is 2.58. The van der Waals surface area contributed by atoms with Crippen molar-refractivity contribution < 1.29 is 14.3 Å². The molecule has 1 saturated heterocycles. The number of methoxy groups -OCH3 is 1. The lowest BCUT2D eigenvalue weighted by Gasteiger charge is -2.34. The van der Waals surface area contributed by atoms with Gasteiger partial charge in [0.25, 0.3) is 0 Å². The molecule has 0 radical (unpaired) electrons. The molecular formula is C22H22N2O3. The van der Waals surface area contributed by atoms with Crippen molar-refractivity contribution in [1.29, 1.82) is 0 Å². The quantitative estimate of drug-likeness (QED) is 0.697. The Labute approximate surface area is 157 Å². The summed E-state index contributed by atoms with van der Waals surface area (Å²) in [5.41, 5.74) is 3.28. The van der Waals surface area contributed by atoms with E-state index >= 15 is 0 Å². The second-order valence-corrected chi connectivity index (χ2v) is 7.33. The molecule has 0 bridgehead atoms. The Morgan fingerprint density at radius 2 is 1.96 bits per heavy atom. The standard InChI is InChI=1S/C22H22N2O3/c1-26-15-7-6-14-12-19(24-18(14)13-15)20(25)21-16-4-2-3-5-17(16)22(27-21)8-10-23-11-9-22/h2-7,12-13,21,23-24H,8-11H2,1H3/t21-/m1/s1. The van der Waals surface area contributed by atoms with Crippen LogP contribution in [0, 0.1) is 0 Å². The summed E-state index contributed by atoms with van der Waals surface area (Å²) < 4.78 is 11.8. The van der Waals surface area contributed by atoms with E-state index in [0.717, 1.165) is 48.1 Å². The van der Waals surface area contributed by atoms with E-state index in [-0.39, 0.29) is 11.4 Å². The predicted octanol–water partition coefficient (Wildman–Crippen LogP) is 3.71. The number of fused-ring (bicyclic) bond motifs is 3. The summed E-state index contributed by atoms with van der Waals surface area (Å²) in [5.74, 6) is 0.743. The maximum atomic E-state index is 13.4. The molecule has 2 aromatic carbocycles. The van der Waals surface area contributed by atoms with Gasteiger partial charge in [0.1, 0.15) is 11.9 Å². The van der Waals surface area contributed by atoms with E-state index in [9.17, 15) is 4.79 Å². The van der Waals surface area contributed by atoms with Gasteiger partial charge in [-0.25, -0.2) is 0 Å². The van der Waals surface area contributed by atoms with Gasteiger partial charge in [0.2, 0.25) is 5.78 Å². The van der Waals surface area contributed by atoms with Crippen LogP contribution in [-0.2, 0) is 10.3 Å². The molecular weight excluding hydrogens is 340 g/mol. The number of ether oxygens (including phenoxy) is 2. The van der Waals surface area contributed by atoms with Gasteiger partial charge in [-0.15, -0.1) is 0 Å². The highest BCUT2D eigenvalue weighted by atomic mass is 16.5. The molecule has 3 heterocycles. The van der Waals surface area contributed by atoms with E-state index in [0.29, 0.717) is 5.69 Å². The highest BCUT2D eigenvalue weighted by molar-refractivity contribution is 6.03. The zero-order valence-electron chi connectivity index (χ0n) is 15.2. The molecule has 27 heavy (non-hydrogen) atoms. The van der Waals surface area contributed by atoms with Crippen LogP contribution in [0.2, 0.25) is 0 Å². The minimum Gasteiger partial charge on any atom is -0.497 e. The van der Waals surface area contributed by atoms with Crippen LogP contribution in [0.5, 0.6) is 5.75 Å². The third-order valence-corrected chi connectivity index (χ3v) is 5.82. The van der Waals surface area contributed by atoms with Gasteiger partial charge in [-0.3, -0.25) is 4.79 Å². The number of H-pyrrole nitrogens is 1. The lowest BCUT2D eigenvalue weighted by Crippen LogP contribution is -2.40. The molecule has 3 aromatic rings. The van der Waals surface area contributed by atoms with Crippen molar-refractivity contribution in [3.63, 3.8) is 0 Å². The number of hydrogen-bond acceptors (Lipinski definition) is 4. The van der Waals surface area contributed by atoms with Crippen LogP contribution >= 0.6 is 0 Å². The molecule has 0 aliphatic carbocycles. The minimum absolute atomic E-state index is 0.0203. The molecule has 1 atom stereocenters. The summed E-state index contributed by atoms with van der Waals surface area (Å²) in [6.45, 7) is 1.81. The van der Waals surface area contributed by atoms with Gasteiger partial charge >= 0.3 is 0 Å². The molecule has 138 valence electrons. The lowest BCUT2D eigenvalue weighted by molar-refractivity contribution is -0.0807. The molecule has 0 saturated carbocycles. The van der Waals surface area contributed by atoms with Gasteiger partial charge < -0.3 is 19.8 Å². The maximum Gasteiger partial charge on any atom is 0.212 e. The van der Waals surface area contributed by atoms with Gasteiger partial charge in [0, 0.05) is 17.0 Å². The average Bonchev–Trinajstić information content (AvgIpc) is 3.28. The summed E-state index contributed by atoms with van der Waals surface area (Å²) in [6, 6.07) is 15.8. The van der Waals surface area contributed by atoms with Crippen molar-refractivity contribution in [2.24, 2.45) is 0 Å². The summed E-state index contributed by atoms with van der Waals surface area (Å²) in [7, 11) is 1.64. The molecule has 5 heteroatoms. The fourth-order valence-corrected chi connectivity index (χ4v) is 4.41. The van der Waals surface area contributed by atoms with Crippen molar-refractivity contribution in [2.45, 2.75) is 24.5 Å². The maximum absolute atomic E-state index is 13.4. The van der Waals surface area contributed by atoms with Gasteiger partial charge in [-0.05, 0) is 55.3 Å². The van der Waals surface area contributed by atoms with Crippen LogP contribution in [0.1, 0.15) is 40.6 Å². The lowest BCUT2D eigenvalue weighted by atomic mass is 9.84. The number of benzene rings is 2. The van der Waals surface area contributed by atoms with Crippen molar-refractivity contribution in [2.75, 3.05) is 20.2 Å². The number of carbonyl (C=O) groups is 1. The van der Waals surface area contributed by atoms with Crippen LogP contribution in [0.3, 0.4) is 0 Å². The van der Waals surface area contributed by atoms with Gasteiger partial charge in [-0.2, -0.15) is 0 Å². The van der Waals surface area contributed by atoms with E-state index in [4.69, 9.17) is 9.47 Å². The zero-order valence-corrected chi connectivity index (χ0v) is 15.2. The highest BCUT2D eigenvalue weighted by Crippen LogP contribution is 2.49. The largest absolute Gasteiger partial charge is 0.497 e. The van der Waals surface area contributed by atoms with E-state index in [2.05, 4.69) is 16.4 Å². The first kappa shape index (κ1) is 16.5. The molecule has 0 amide bonds. The van der Waals surface area contributed by atoms with Crippen LogP contribution in [0.15, 0.2) is 48.5 Å². The average molecular weight is 362 g/mol. The summed E-state index contributed by atoms with van der Waals surface area (Å²) in [4.78, 5) is 16.6. The number of nitrogens with one attached hydrogen (secondary N) is 2. The van der Waals surface area contributed by atoms with E-state index < -0.39 is 6.10 Å². The third-order valence-electron chi connectivity index (χ3n) is 5.82. The summed E-state index contributed by atoms with van der Waals surface area (Å²) in [6.07, 6.45) is 1.21. The number of rotatable bonds is 3. The number of hydrogen-bond donors (Lipinski definition) is 2. The first-order valence-electron chi connectivity index (χ1n) is 9.39. The SMILES string of the molecule is COc1ccc2cc(C(=O)[C@@H]3OC4(CCNCC4)c4ccccc43)[nH]c2c1. The Bertz CT molecular complexity index is 1020. The fourth-order valence-electron chi connectivity index (χ4n) is 4.41. The number of aromatic nitrogens is 1. The Hall–Kier alpha value is -2.63. The van der Waals surface area contributed by atoms with Crippen molar-refractivity contribution in [3.8, 4) is 5.75 Å². The summed E-state index contributed by atoms with van der Waals surface area (Å²) in [5, 5.41) is 4.38. The first-order valence-corrected chi connectivity index (χ1v) is 9.39. The molecule has 1 spiro atoms. The molecule has 5 rings (SSSR count). The number of Topliss-reactive ketones (excluding diaryl/α,β-unsaturated/α-hetero) is 1. The minimum atomic E-state index is -0.561. The van der Waals surface area contributed by atoms with Crippen LogP contribution < -0.4 is 10.1 Å².